The van der Waals surface area contributed by atoms with Crippen LogP contribution in [0.25, 0.3) is 6.08 Å². The van der Waals surface area contributed by atoms with Crippen LogP contribution in [-0.2, 0) is 16.2 Å². The number of amides is 2. The van der Waals surface area contributed by atoms with Crippen molar-refractivity contribution in [2.24, 2.45) is 0 Å². The van der Waals surface area contributed by atoms with Crippen molar-refractivity contribution >= 4 is 23.6 Å². The number of aryl methyl sites for hydroxylation is 3. The zero-order valence-corrected chi connectivity index (χ0v) is 19.6. The first-order valence-corrected chi connectivity index (χ1v) is 10.9. The number of ether oxygens (including phenoxy) is 1. The summed E-state index contributed by atoms with van der Waals surface area (Å²) in [4.78, 5) is 26.3. The minimum atomic E-state index is -0.244. The molecule has 0 heterocycles. The average Bonchev–Trinajstić information content (AvgIpc) is 2.79. The second kappa shape index (κ2) is 11.1. The summed E-state index contributed by atoms with van der Waals surface area (Å²) in [5, 5.41) is 2.92. The number of carbonyl (C=O) groups is 2. The van der Waals surface area contributed by atoms with Crippen LogP contribution in [0.3, 0.4) is 0 Å². The molecule has 0 aliphatic heterocycles. The Balaban J connectivity index is 1.50. The molecule has 0 saturated heterocycles. The van der Waals surface area contributed by atoms with Crippen LogP contribution in [0.5, 0.6) is 5.75 Å². The van der Waals surface area contributed by atoms with Gasteiger partial charge in [-0.05, 0) is 61.2 Å². The molecule has 33 heavy (non-hydrogen) atoms. The number of nitrogens with zero attached hydrogens (tertiary/aromatic N) is 1. The summed E-state index contributed by atoms with van der Waals surface area (Å²) >= 11 is 0. The van der Waals surface area contributed by atoms with E-state index >= 15 is 0 Å². The highest BCUT2D eigenvalue weighted by Crippen LogP contribution is 2.22. The Morgan fingerprint density at radius 1 is 0.939 bits per heavy atom. The van der Waals surface area contributed by atoms with Gasteiger partial charge in [0.25, 0.3) is 0 Å². The monoisotopic (exact) mass is 442 g/mol. The van der Waals surface area contributed by atoms with Gasteiger partial charge in [0.05, 0.1) is 6.54 Å². The molecule has 3 aromatic rings. The fourth-order valence-electron chi connectivity index (χ4n) is 3.56. The van der Waals surface area contributed by atoms with E-state index in [0.29, 0.717) is 6.61 Å². The summed E-state index contributed by atoms with van der Waals surface area (Å²) in [5.41, 5.74) is 5.94. The topological polar surface area (TPSA) is 58.6 Å². The lowest BCUT2D eigenvalue weighted by atomic mass is 10.1. The number of anilines is 1. The molecular formula is C28H30N2O3. The molecule has 5 nitrogen and oxygen atoms in total. The van der Waals surface area contributed by atoms with E-state index in [-0.39, 0.29) is 18.4 Å². The van der Waals surface area contributed by atoms with E-state index in [1.54, 1.807) is 13.1 Å². The lowest BCUT2D eigenvalue weighted by molar-refractivity contribution is -0.129. The molecule has 2 amide bonds. The highest BCUT2D eigenvalue weighted by molar-refractivity contribution is 5.98. The highest BCUT2D eigenvalue weighted by atomic mass is 16.5. The van der Waals surface area contributed by atoms with Gasteiger partial charge < -0.3 is 15.0 Å². The molecule has 3 aromatic carbocycles. The van der Waals surface area contributed by atoms with Gasteiger partial charge in [-0.15, -0.1) is 0 Å². The van der Waals surface area contributed by atoms with Crippen molar-refractivity contribution in [1.29, 1.82) is 0 Å². The Bertz CT molecular complexity index is 1110. The van der Waals surface area contributed by atoms with Crippen LogP contribution in [0.1, 0.15) is 27.8 Å². The maximum atomic E-state index is 12.4. The van der Waals surface area contributed by atoms with Crippen LogP contribution in [0, 0.1) is 20.8 Å². The van der Waals surface area contributed by atoms with Crippen LogP contribution in [0.2, 0.25) is 0 Å². The van der Waals surface area contributed by atoms with Gasteiger partial charge in [0.2, 0.25) is 11.8 Å². The van der Waals surface area contributed by atoms with Crippen molar-refractivity contribution in [2.45, 2.75) is 27.4 Å². The summed E-state index contributed by atoms with van der Waals surface area (Å²) in [5.74, 6) is 0.291. The van der Waals surface area contributed by atoms with Gasteiger partial charge in [0, 0.05) is 18.8 Å². The van der Waals surface area contributed by atoms with Crippen LogP contribution in [-0.4, -0.2) is 30.3 Å². The number of hydrogen-bond acceptors (Lipinski definition) is 3. The molecule has 0 saturated carbocycles. The van der Waals surface area contributed by atoms with Crippen molar-refractivity contribution in [2.75, 3.05) is 18.9 Å². The van der Waals surface area contributed by atoms with E-state index in [1.165, 1.54) is 11.0 Å². The third-order valence-electron chi connectivity index (χ3n) is 5.25. The molecule has 170 valence electrons. The molecule has 0 bridgehead atoms. The molecule has 5 heteroatoms. The molecule has 0 aliphatic carbocycles. The second-order valence-corrected chi connectivity index (χ2v) is 8.19. The third-order valence-corrected chi connectivity index (χ3v) is 5.25. The number of rotatable bonds is 8. The largest absolute Gasteiger partial charge is 0.489 e. The van der Waals surface area contributed by atoms with E-state index in [1.807, 2.05) is 87.5 Å². The Morgan fingerprint density at radius 3 is 2.21 bits per heavy atom. The SMILES string of the molecule is Cc1cc(C)c(NC(=O)CN(C)C(=O)/C=C/c2ccc(OCc3ccccc3)cc2)c(C)c1. The number of carbonyl (C=O) groups excluding carboxylic acids is 2. The molecule has 0 unspecified atom stereocenters. The minimum Gasteiger partial charge on any atom is -0.489 e. The van der Waals surface area contributed by atoms with Crippen molar-refractivity contribution in [3.63, 3.8) is 0 Å². The van der Waals surface area contributed by atoms with Gasteiger partial charge in [-0.2, -0.15) is 0 Å². The number of likely N-dealkylation sites (N-methyl/N-ethyl adjacent to an activating group) is 1. The van der Waals surface area contributed by atoms with Gasteiger partial charge in [-0.1, -0.05) is 60.2 Å². The van der Waals surface area contributed by atoms with Gasteiger partial charge in [0.15, 0.2) is 0 Å². The van der Waals surface area contributed by atoms with E-state index in [2.05, 4.69) is 5.32 Å². The molecule has 3 rings (SSSR count). The average molecular weight is 443 g/mol. The van der Waals surface area contributed by atoms with Gasteiger partial charge in [-0.3, -0.25) is 9.59 Å². The Labute approximate surface area is 195 Å². The van der Waals surface area contributed by atoms with Gasteiger partial charge in [0.1, 0.15) is 12.4 Å². The van der Waals surface area contributed by atoms with Crippen LogP contribution < -0.4 is 10.1 Å². The summed E-state index contributed by atoms with van der Waals surface area (Å²) in [6.45, 7) is 6.43. The fraction of sp³-hybridized carbons (Fsp3) is 0.214. The van der Waals surface area contributed by atoms with E-state index in [4.69, 9.17) is 4.74 Å². The lowest BCUT2D eigenvalue weighted by Crippen LogP contribution is -2.34. The zero-order valence-electron chi connectivity index (χ0n) is 19.6. The quantitative estimate of drug-likeness (QED) is 0.482. The van der Waals surface area contributed by atoms with Crippen molar-refractivity contribution < 1.29 is 14.3 Å². The molecule has 0 fully saturated rings. The fourth-order valence-corrected chi connectivity index (χ4v) is 3.56. The van der Waals surface area contributed by atoms with Crippen molar-refractivity contribution in [3.8, 4) is 5.75 Å². The molecule has 0 aromatic heterocycles. The third kappa shape index (κ3) is 7.07. The first-order chi connectivity index (χ1) is 15.8. The second-order valence-electron chi connectivity index (χ2n) is 8.19. The maximum absolute atomic E-state index is 12.4. The summed E-state index contributed by atoms with van der Waals surface area (Å²) in [6.07, 6.45) is 3.20. The number of hydrogen-bond donors (Lipinski definition) is 1. The molecule has 0 spiro atoms. The van der Waals surface area contributed by atoms with Crippen LogP contribution >= 0.6 is 0 Å². The number of benzene rings is 3. The van der Waals surface area contributed by atoms with Gasteiger partial charge >= 0.3 is 0 Å². The Kier molecular flexibility index (Phi) is 8.03. The first kappa shape index (κ1) is 23.8. The normalized spacial score (nSPS) is 10.8. The van der Waals surface area contributed by atoms with Crippen LogP contribution in [0.4, 0.5) is 5.69 Å². The lowest BCUT2D eigenvalue weighted by Gasteiger charge is -2.17. The Hall–Kier alpha value is -3.86. The van der Waals surface area contributed by atoms with Crippen molar-refractivity contribution in [3.05, 3.63) is 101 Å². The zero-order chi connectivity index (χ0) is 23.8. The summed E-state index contributed by atoms with van der Waals surface area (Å²) in [7, 11) is 1.61. The smallest absolute Gasteiger partial charge is 0.246 e. The predicted octanol–water partition coefficient (Wildman–Crippen LogP) is 5.30. The summed E-state index contributed by atoms with van der Waals surface area (Å²) in [6, 6.07) is 21.5. The maximum Gasteiger partial charge on any atom is 0.246 e. The Morgan fingerprint density at radius 2 is 1.58 bits per heavy atom. The van der Waals surface area contributed by atoms with E-state index in [9.17, 15) is 9.59 Å². The van der Waals surface area contributed by atoms with Crippen molar-refractivity contribution in [1.82, 2.24) is 4.90 Å². The van der Waals surface area contributed by atoms with Gasteiger partial charge in [-0.25, -0.2) is 0 Å². The van der Waals surface area contributed by atoms with E-state index in [0.717, 1.165) is 39.3 Å². The minimum absolute atomic E-state index is 0.0256. The molecule has 0 radical (unpaired) electrons. The highest BCUT2D eigenvalue weighted by Gasteiger charge is 2.13. The van der Waals surface area contributed by atoms with E-state index < -0.39 is 0 Å². The predicted molar refractivity (Wildman–Crippen MR) is 133 cm³/mol. The van der Waals surface area contributed by atoms with Crippen LogP contribution in [0.15, 0.2) is 72.8 Å². The molecular weight excluding hydrogens is 412 g/mol. The molecule has 0 aliphatic rings. The standard InChI is InChI=1S/C28H30N2O3/c1-20-16-21(2)28(22(3)17-20)29-26(31)18-30(4)27(32)15-12-23-10-13-25(14-11-23)33-19-24-8-6-5-7-9-24/h5-17H,18-19H2,1-4H3,(H,29,31)/b15-12+. The summed E-state index contributed by atoms with van der Waals surface area (Å²) < 4.78 is 5.78. The number of nitrogens with one attached hydrogen (secondary N) is 1. The first-order valence-electron chi connectivity index (χ1n) is 10.9. The molecule has 0 atom stereocenters. The molecule has 1 N–H and O–H groups in total.